The van der Waals surface area contributed by atoms with Crippen LogP contribution in [0.5, 0.6) is 0 Å². The number of carbonyl (C=O) groups excluding carboxylic acids is 1. The molecule has 1 heterocycles. The number of likely N-dealkylation sites (tertiary alicyclic amines) is 1. The zero-order chi connectivity index (χ0) is 24.1. The monoisotopic (exact) mass is 459 g/mol. The van der Waals surface area contributed by atoms with Crippen LogP contribution in [0.1, 0.15) is 68.7 Å². The third kappa shape index (κ3) is 4.65. The van der Waals surface area contributed by atoms with Gasteiger partial charge in [-0.25, -0.2) is 9.59 Å². The van der Waals surface area contributed by atoms with Gasteiger partial charge in [-0.1, -0.05) is 54.6 Å². The fourth-order valence-electron chi connectivity index (χ4n) is 3.87. The van der Waals surface area contributed by atoms with Crippen molar-refractivity contribution in [2.24, 2.45) is 0 Å². The quantitative estimate of drug-likeness (QED) is 0.531. The maximum atomic E-state index is 13.3. The minimum absolute atomic E-state index is 0.0655. The summed E-state index contributed by atoms with van der Waals surface area (Å²) in [6, 6.07) is 0. The lowest BCUT2D eigenvalue weighted by Crippen LogP contribution is -2.76. The molecule has 0 aromatic heterocycles. The Labute approximate surface area is 185 Å². The van der Waals surface area contributed by atoms with Gasteiger partial charge in [0.05, 0.1) is 6.10 Å². The molecular weight excluding hydrogens is 414 g/mol. The van der Waals surface area contributed by atoms with Crippen molar-refractivity contribution in [1.82, 2.24) is 4.90 Å². The fourth-order valence-corrected chi connectivity index (χ4v) is 8.90. The van der Waals surface area contributed by atoms with Gasteiger partial charge in [-0.05, 0) is 50.4 Å². The Hall–Kier alpha value is -0.866. The van der Waals surface area contributed by atoms with E-state index in [1.54, 1.807) is 20.8 Å². The van der Waals surface area contributed by atoms with Gasteiger partial charge >= 0.3 is 12.1 Å². The first-order valence-electron chi connectivity index (χ1n) is 10.9. The standard InChI is InChI=1S/C22H45NO5Si2/c1-19(2,3)27-18(26)23-15-14-16(28-30(12,13)21(7,8)9)22(23,17(24)25)29(10,11)20(4,5)6/h16H,14-15H2,1-13H3,(H,24,25)/t16-,22+/m1/s1. The molecule has 1 fully saturated rings. The van der Waals surface area contributed by atoms with Gasteiger partial charge in [0.25, 0.3) is 0 Å². The van der Waals surface area contributed by atoms with E-state index in [9.17, 15) is 14.7 Å². The van der Waals surface area contributed by atoms with E-state index in [0.29, 0.717) is 13.0 Å². The molecule has 0 saturated carbocycles. The zero-order valence-corrected chi connectivity index (χ0v) is 23.5. The Balaban J connectivity index is 3.71. The molecular formula is C22H45NO5Si2. The van der Waals surface area contributed by atoms with Crippen molar-refractivity contribution in [3.8, 4) is 0 Å². The molecule has 0 aromatic rings. The number of hydrogen-bond donors (Lipinski definition) is 1. The maximum absolute atomic E-state index is 13.3. The Morgan fingerprint density at radius 1 is 0.933 bits per heavy atom. The number of rotatable bonds is 4. The second-order valence-corrected chi connectivity index (χ2v) is 23.0. The Kier molecular flexibility index (Phi) is 7.17. The molecule has 1 saturated heterocycles. The number of nitrogens with zero attached hydrogens (tertiary/aromatic N) is 1. The van der Waals surface area contributed by atoms with Gasteiger partial charge in [0.2, 0.25) is 0 Å². The van der Waals surface area contributed by atoms with Gasteiger partial charge in [0.1, 0.15) is 13.7 Å². The van der Waals surface area contributed by atoms with Gasteiger partial charge in [-0.2, -0.15) is 0 Å². The molecule has 0 aromatic carbocycles. The van der Waals surface area contributed by atoms with E-state index in [1.165, 1.54) is 4.90 Å². The van der Waals surface area contributed by atoms with Crippen molar-refractivity contribution in [3.63, 3.8) is 0 Å². The molecule has 176 valence electrons. The normalized spacial score (nSPS) is 24.2. The molecule has 1 N–H and O–H groups in total. The molecule has 6 nitrogen and oxygen atoms in total. The minimum atomic E-state index is -2.69. The highest BCUT2D eigenvalue weighted by Crippen LogP contribution is 2.52. The molecule has 8 heteroatoms. The summed E-state index contributed by atoms with van der Waals surface area (Å²) in [5, 5.41) is 9.03. The number of carboxylic acid groups (broad SMARTS) is 1. The van der Waals surface area contributed by atoms with Crippen molar-refractivity contribution in [2.75, 3.05) is 6.54 Å². The van der Waals surface area contributed by atoms with E-state index in [2.05, 4.69) is 67.7 Å². The largest absolute Gasteiger partial charge is 0.480 e. The second kappa shape index (κ2) is 7.92. The first-order valence-corrected chi connectivity index (χ1v) is 16.8. The van der Waals surface area contributed by atoms with E-state index in [1.807, 2.05) is 0 Å². The molecule has 1 amide bonds. The molecule has 1 aliphatic heterocycles. The van der Waals surface area contributed by atoms with Crippen LogP contribution in [-0.4, -0.2) is 61.9 Å². The predicted octanol–water partition coefficient (Wildman–Crippen LogP) is 5.89. The lowest BCUT2D eigenvalue weighted by molar-refractivity contribution is -0.148. The number of carboxylic acids is 1. The SMILES string of the molecule is CC(C)(C)OC(=O)N1CC[C@@H](O[Si](C)(C)C(C)(C)C)[C@@]1(C(=O)O)[Si](C)(C)C(C)(C)C. The van der Waals surface area contributed by atoms with Crippen LogP contribution in [0.2, 0.25) is 36.3 Å². The maximum Gasteiger partial charge on any atom is 0.411 e. The van der Waals surface area contributed by atoms with E-state index >= 15 is 0 Å². The summed E-state index contributed by atoms with van der Waals surface area (Å²) in [4.78, 5) is 27.9. The van der Waals surface area contributed by atoms with Crippen LogP contribution in [0.3, 0.4) is 0 Å². The smallest absolute Gasteiger partial charge is 0.411 e. The lowest BCUT2D eigenvalue weighted by atomic mass is 10.1. The van der Waals surface area contributed by atoms with E-state index in [0.717, 1.165) is 0 Å². The number of amides is 1. The fraction of sp³-hybridized carbons (Fsp3) is 0.909. The third-order valence-electron chi connectivity index (χ3n) is 7.52. The van der Waals surface area contributed by atoms with Crippen LogP contribution in [0.4, 0.5) is 4.79 Å². The van der Waals surface area contributed by atoms with Crippen molar-refractivity contribution < 1.29 is 23.9 Å². The summed E-state index contributed by atoms with van der Waals surface area (Å²) in [7, 11) is -4.96. The van der Waals surface area contributed by atoms with Gasteiger partial charge < -0.3 is 14.3 Å². The molecule has 2 atom stereocenters. The van der Waals surface area contributed by atoms with Gasteiger partial charge in [-0.15, -0.1) is 0 Å². The van der Waals surface area contributed by atoms with Gasteiger partial charge in [0, 0.05) is 6.54 Å². The summed E-state index contributed by atoms with van der Waals surface area (Å²) in [5.74, 6) is -0.971. The summed E-state index contributed by atoms with van der Waals surface area (Å²) in [5.41, 5.74) is -0.701. The average Bonchev–Trinajstić information content (AvgIpc) is 2.82. The second-order valence-electron chi connectivity index (χ2n) is 12.7. The summed E-state index contributed by atoms with van der Waals surface area (Å²) in [6.07, 6.45) is -0.606. The van der Waals surface area contributed by atoms with Crippen LogP contribution in [-0.2, 0) is 14.0 Å². The third-order valence-corrected chi connectivity index (χ3v) is 18.5. The molecule has 0 unspecified atom stereocenters. The first kappa shape index (κ1) is 27.2. The molecule has 0 aliphatic carbocycles. The first-order chi connectivity index (χ1) is 13.0. The summed E-state index contributed by atoms with van der Waals surface area (Å²) < 4.78 is 12.5. The Morgan fingerprint density at radius 3 is 1.73 bits per heavy atom. The van der Waals surface area contributed by atoms with Crippen molar-refractivity contribution in [3.05, 3.63) is 0 Å². The highest BCUT2D eigenvalue weighted by molar-refractivity contribution is 6.86. The van der Waals surface area contributed by atoms with Crippen LogP contribution in [0.25, 0.3) is 0 Å². The number of ether oxygens (including phenoxy) is 1. The van der Waals surface area contributed by atoms with Crippen LogP contribution < -0.4 is 0 Å². The van der Waals surface area contributed by atoms with Gasteiger partial charge in [0.15, 0.2) is 13.5 Å². The van der Waals surface area contributed by atoms with Crippen LogP contribution in [0, 0.1) is 0 Å². The Morgan fingerprint density at radius 2 is 1.40 bits per heavy atom. The summed E-state index contributed by atoms with van der Waals surface area (Å²) >= 11 is 0. The van der Waals surface area contributed by atoms with E-state index < -0.39 is 45.3 Å². The summed E-state index contributed by atoms with van der Waals surface area (Å²) in [6.45, 7) is 26.9. The number of carbonyl (C=O) groups is 2. The average molecular weight is 460 g/mol. The molecule has 0 bridgehead atoms. The van der Waals surface area contributed by atoms with E-state index in [-0.39, 0.29) is 10.1 Å². The van der Waals surface area contributed by atoms with Crippen molar-refractivity contribution in [1.29, 1.82) is 0 Å². The molecule has 1 rings (SSSR count). The topological polar surface area (TPSA) is 76.1 Å². The van der Waals surface area contributed by atoms with Gasteiger partial charge in [-0.3, -0.25) is 4.90 Å². The van der Waals surface area contributed by atoms with Crippen LogP contribution in [0.15, 0.2) is 0 Å². The number of aliphatic carboxylic acids is 1. The minimum Gasteiger partial charge on any atom is -0.480 e. The number of hydrogen-bond acceptors (Lipinski definition) is 4. The van der Waals surface area contributed by atoms with Crippen molar-refractivity contribution >= 4 is 28.5 Å². The Bertz CT molecular complexity index is 670. The molecule has 30 heavy (non-hydrogen) atoms. The predicted molar refractivity (Wildman–Crippen MR) is 127 cm³/mol. The van der Waals surface area contributed by atoms with Crippen molar-refractivity contribution in [2.45, 2.75) is 122 Å². The molecule has 1 aliphatic rings. The lowest BCUT2D eigenvalue weighted by Gasteiger charge is -2.55. The van der Waals surface area contributed by atoms with E-state index in [4.69, 9.17) is 9.16 Å². The highest BCUT2D eigenvalue weighted by atomic mass is 28.4. The highest BCUT2D eigenvalue weighted by Gasteiger charge is 2.70. The van der Waals surface area contributed by atoms with Crippen LogP contribution >= 0.6 is 0 Å². The molecule has 0 spiro atoms. The molecule has 0 radical (unpaired) electrons. The zero-order valence-electron chi connectivity index (χ0n) is 21.5.